The van der Waals surface area contributed by atoms with Gasteiger partial charge in [0.05, 0.1) is 22.1 Å². The second-order valence-electron chi connectivity index (χ2n) is 16.7. The lowest BCUT2D eigenvalue weighted by atomic mass is 9.83. The summed E-state index contributed by atoms with van der Waals surface area (Å²) >= 11 is 0. The summed E-state index contributed by atoms with van der Waals surface area (Å²) in [4.78, 5) is 69.1. The van der Waals surface area contributed by atoms with Crippen molar-refractivity contribution in [1.29, 1.82) is 0 Å². The number of piperidine rings is 1. The first-order valence-electron chi connectivity index (χ1n) is 17.3. The number of ketones is 1. The fourth-order valence-electron chi connectivity index (χ4n) is 7.31. The van der Waals surface area contributed by atoms with E-state index < -0.39 is 73.2 Å². The van der Waals surface area contributed by atoms with Gasteiger partial charge in [-0.1, -0.05) is 60.0 Å². The van der Waals surface area contributed by atoms with Crippen molar-refractivity contribution in [1.82, 2.24) is 26.2 Å². The molecule has 3 rings (SSSR count). The maximum atomic E-state index is 14.4. The van der Waals surface area contributed by atoms with Crippen LogP contribution < -0.4 is 21.3 Å². The molecule has 2 aliphatic carbocycles. The molecule has 2 unspecified atom stereocenters. The fourth-order valence-corrected chi connectivity index (χ4v) is 8.84. The van der Waals surface area contributed by atoms with E-state index in [0.29, 0.717) is 12.8 Å². The predicted octanol–water partition coefficient (Wildman–Crippen LogP) is 2.87. The number of fused-ring (bicyclic) bond motifs is 1. The van der Waals surface area contributed by atoms with Crippen LogP contribution in [0.15, 0.2) is 12.7 Å². The number of Topliss-reactive ketones (excluding diaryl/α,β-unsaturated/α-hetero) is 1. The minimum Gasteiger partial charge on any atom is -0.346 e. The molecule has 12 nitrogen and oxygen atoms in total. The van der Waals surface area contributed by atoms with Gasteiger partial charge in [0, 0.05) is 19.5 Å². The van der Waals surface area contributed by atoms with Crippen molar-refractivity contribution in [2.24, 2.45) is 22.7 Å². The number of carbonyl (C=O) groups excluding carboxylic acids is 5. The number of rotatable bonds is 13. The first-order chi connectivity index (χ1) is 22.5. The second-order valence-corrected chi connectivity index (χ2v) is 19.4. The van der Waals surface area contributed by atoms with Gasteiger partial charge in [0.1, 0.15) is 12.1 Å². The van der Waals surface area contributed by atoms with Crippen molar-refractivity contribution in [2.45, 2.75) is 129 Å². The third-order valence-electron chi connectivity index (χ3n) is 10.6. The number of urea groups is 1. The van der Waals surface area contributed by atoms with Crippen LogP contribution in [-0.4, -0.2) is 90.1 Å². The van der Waals surface area contributed by atoms with E-state index in [2.05, 4.69) is 33.8 Å². The third-order valence-corrected chi connectivity index (χ3v) is 13.4. The topological polar surface area (TPSA) is 171 Å². The van der Waals surface area contributed by atoms with Crippen LogP contribution in [0.3, 0.4) is 0 Å². The maximum absolute atomic E-state index is 14.4. The summed E-state index contributed by atoms with van der Waals surface area (Å²) < 4.78 is 25.6. The minimum atomic E-state index is -3.58. The average Bonchev–Trinajstić information content (AvgIpc) is 3.30. The van der Waals surface area contributed by atoms with E-state index in [0.717, 1.165) is 19.3 Å². The molecule has 1 saturated heterocycles. The van der Waals surface area contributed by atoms with Gasteiger partial charge in [-0.05, 0) is 62.7 Å². The van der Waals surface area contributed by atoms with Crippen molar-refractivity contribution in [3.8, 4) is 12.3 Å². The monoisotopic (exact) mass is 703 g/mol. The van der Waals surface area contributed by atoms with Crippen LogP contribution in [0.2, 0.25) is 0 Å². The van der Waals surface area contributed by atoms with E-state index in [-0.39, 0.29) is 48.9 Å². The molecular formula is C36H57N5O7S. The van der Waals surface area contributed by atoms with Crippen molar-refractivity contribution in [3.63, 3.8) is 0 Å². The fraction of sp³-hybridized carbons (Fsp3) is 0.750. The van der Waals surface area contributed by atoms with Crippen LogP contribution in [0, 0.1) is 35.0 Å². The Balaban J connectivity index is 1.87. The molecular weight excluding hydrogens is 646 g/mol. The lowest BCUT2D eigenvalue weighted by Gasteiger charge is -2.41. The van der Waals surface area contributed by atoms with Gasteiger partial charge in [0.25, 0.3) is 5.91 Å². The van der Waals surface area contributed by atoms with E-state index in [1.54, 1.807) is 20.8 Å². The van der Waals surface area contributed by atoms with E-state index >= 15 is 0 Å². The summed E-state index contributed by atoms with van der Waals surface area (Å²) in [6.07, 6.45) is 10.5. The Morgan fingerprint density at radius 1 is 1.02 bits per heavy atom. The van der Waals surface area contributed by atoms with Gasteiger partial charge < -0.3 is 26.2 Å². The van der Waals surface area contributed by atoms with Crippen LogP contribution in [0.5, 0.6) is 0 Å². The molecule has 5 amide bonds. The third kappa shape index (κ3) is 9.04. The summed E-state index contributed by atoms with van der Waals surface area (Å²) in [5.74, 6) is -0.684. The molecule has 13 heteroatoms. The number of nitrogens with zero attached hydrogens (tertiary/aromatic N) is 1. The summed E-state index contributed by atoms with van der Waals surface area (Å²) in [6, 6.07) is -3.84. The highest BCUT2D eigenvalue weighted by atomic mass is 32.2. The Bertz CT molecular complexity index is 1460. The Labute approximate surface area is 292 Å². The van der Waals surface area contributed by atoms with Crippen LogP contribution >= 0.6 is 0 Å². The van der Waals surface area contributed by atoms with Crippen LogP contribution in [0.25, 0.3) is 0 Å². The largest absolute Gasteiger partial charge is 0.346 e. The number of nitrogens with one attached hydrogen (secondary N) is 4. The molecule has 5 atom stereocenters. The molecule has 4 N–H and O–H groups in total. The summed E-state index contributed by atoms with van der Waals surface area (Å²) in [5.41, 5.74) is -2.00. The van der Waals surface area contributed by atoms with Gasteiger partial charge >= 0.3 is 6.03 Å². The number of likely N-dealkylation sites (tertiary alicyclic amines) is 1. The lowest BCUT2D eigenvalue weighted by Crippen LogP contribution is -2.64. The van der Waals surface area contributed by atoms with E-state index in [1.807, 2.05) is 34.6 Å². The second kappa shape index (κ2) is 14.8. The number of terminal acetylenes is 1. The van der Waals surface area contributed by atoms with E-state index in [4.69, 9.17) is 6.42 Å². The van der Waals surface area contributed by atoms with E-state index in [1.165, 1.54) is 11.0 Å². The van der Waals surface area contributed by atoms with Crippen molar-refractivity contribution in [2.75, 3.05) is 18.8 Å². The molecule has 3 aliphatic rings. The zero-order valence-corrected chi connectivity index (χ0v) is 31.3. The highest BCUT2D eigenvalue weighted by Crippen LogP contribution is 2.65. The van der Waals surface area contributed by atoms with Crippen molar-refractivity contribution < 1.29 is 32.4 Å². The highest BCUT2D eigenvalue weighted by molar-refractivity contribution is 7.92. The van der Waals surface area contributed by atoms with Gasteiger partial charge in [0.15, 0.2) is 9.84 Å². The molecule has 3 fully saturated rings. The number of carbonyl (C=O) groups is 5. The van der Waals surface area contributed by atoms with E-state index in [9.17, 15) is 32.4 Å². The van der Waals surface area contributed by atoms with Gasteiger partial charge in [-0.2, -0.15) is 0 Å². The zero-order chi connectivity index (χ0) is 37.2. The Morgan fingerprint density at radius 3 is 2.16 bits per heavy atom. The van der Waals surface area contributed by atoms with Crippen molar-refractivity contribution in [3.05, 3.63) is 12.7 Å². The normalized spacial score (nSPS) is 23.9. The Hall–Kier alpha value is -3.40. The lowest BCUT2D eigenvalue weighted by molar-refractivity contribution is -0.145. The Kier molecular flexibility index (Phi) is 12.1. The maximum Gasteiger partial charge on any atom is 0.315 e. The molecule has 274 valence electrons. The molecule has 2 saturated carbocycles. The standard InChI is InChI=1S/C36H57N5O7S/c1-11-13-17-24(27(42)30(44)37-20-12-2)38-29(43)26-25-23(35(25,9)10)21-41(26)31(45)28(33(3,4)5)39-32(46)40-36(18-15-14-16-19-36)22-49(47,48)34(6,7)8/h1,12,23-26,28H,2,13-22H2,3-10H3,(H,37,44)(H,38,43)(H2,39,40,46)/t23?,24?,25-,26-,28+/m0/s1. The summed E-state index contributed by atoms with van der Waals surface area (Å²) in [7, 11) is -3.58. The minimum absolute atomic E-state index is 0.0190. The summed E-state index contributed by atoms with van der Waals surface area (Å²) in [6.45, 7) is 18.3. The molecule has 0 radical (unpaired) electrons. The summed E-state index contributed by atoms with van der Waals surface area (Å²) in [5, 5.41) is 11.0. The molecule has 0 aromatic rings. The Morgan fingerprint density at radius 2 is 1.63 bits per heavy atom. The van der Waals surface area contributed by atoms with Crippen molar-refractivity contribution >= 4 is 39.4 Å². The van der Waals surface area contributed by atoms with Gasteiger partial charge in [-0.25, -0.2) is 13.2 Å². The smallest absolute Gasteiger partial charge is 0.315 e. The van der Waals surface area contributed by atoms with Gasteiger partial charge in [-0.15, -0.1) is 18.9 Å². The molecule has 0 bridgehead atoms. The number of hydrogen-bond acceptors (Lipinski definition) is 7. The molecule has 1 heterocycles. The number of hydrogen-bond donors (Lipinski definition) is 4. The van der Waals surface area contributed by atoms with Crippen LogP contribution in [0.4, 0.5) is 4.79 Å². The highest BCUT2D eigenvalue weighted by Gasteiger charge is 2.70. The molecule has 1 aliphatic heterocycles. The first-order valence-corrected chi connectivity index (χ1v) is 19.0. The van der Waals surface area contributed by atoms with Crippen LogP contribution in [0.1, 0.15) is 100 Å². The molecule has 0 aromatic heterocycles. The average molecular weight is 704 g/mol. The van der Waals surface area contributed by atoms with Gasteiger partial charge in [-0.3, -0.25) is 19.2 Å². The van der Waals surface area contributed by atoms with Crippen LogP contribution in [-0.2, 0) is 29.0 Å². The zero-order valence-electron chi connectivity index (χ0n) is 30.5. The molecule has 49 heavy (non-hydrogen) atoms. The SMILES string of the molecule is C#CCCC(NC(=O)[C@@H]1[C@@H]2C(CN1C(=O)[C@@H](NC(=O)NC1(CS(=O)(=O)C(C)(C)C)CCCCC1)C(C)(C)C)C2(C)C)C(=O)C(=O)NCC=C. The first kappa shape index (κ1) is 40.0. The van der Waals surface area contributed by atoms with Gasteiger partial charge in [0.2, 0.25) is 17.6 Å². The predicted molar refractivity (Wildman–Crippen MR) is 189 cm³/mol. The molecule has 0 spiro atoms. The number of amides is 5. The molecule has 0 aromatic carbocycles. The quantitative estimate of drug-likeness (QED) is 0.130. The number of sulfone groups is 1.